The van der Waals surface area contributed by atoms with Crippen molar-refractivity contribution in [2.75, 3.05) is 26.2 Å². The average molecular weight is 343 g/mol. The highest BCUT2D eigenvalue weighted by Crippen LogP contribution is 2.10. The number of aliphatic hydroxyl groups is 1. The molecular formula is C18H25N5O2. The van der Waals surface area contributed by atoms with Gasteiger partial charge in [-0.1, -0.05) is 22.9 Å². The van der Waals surface area contributed by atoms with E-state index in [2.05, 4.69) is 20.5 Å². The summed E-state index contributed by atoms with van der Waals surface area (Å²) >= 11 is 0. The molecule has 1 aliphatic rings. The lowest BCUT2D eigenvalue weighted by atomic mass is 10.1. The Labute approximate surface area is 147 Å². The van der Waals surface area contributed by atoms with Gasteiger partial charge in [-0.25, -0.2) is 4.68 Å². The second-order valence-electron chi connectivity index (χ2n) is 6.57. The summed E-state index contributed by atoms with van der Waals surface area (Å²) in [7, 11) is 0. The van der Waals surface area contributed by atoms with Crippen molar-refractivity contribution in [1.82, 2.24) is 25.2 Å². The average Bonchev–Trinajstić information content (AvgIpc) is 3.11. The van der Waals surface area contributed by atoms with Crippen molar-refractivity contribution in [2.24, 2.45) is 0 Å². The predicted octanol–water partition coefficient (Wildman–Crippen LogP) is 1.15. The summed E-state index contributed by atoms with van der Waals surface area (Å²) in [5.41, 5.74) is 2.37. The maximum atomic E-state index is 12.2. The van der Waals surface area contributed by atoms with E-state index in [4.69, 9.17) is 0 Å². The van der Waals surface area contributed by atoms with Crippen LogP contribution >= 0.6 is 0 Å². The van der Waals surface area contributed by atoms with Gasteiger partial charge in [0.25, 0.3) is 5.91 Å². The number of nitrogens with one attached hydrogen (secondary N) is 1. The number of carbonyl (C=O) groups is 1. The summed E-state index contributed by atoms with van der Waals surface area (Å²) in [6.07, 6.45) is 4.07. The molecule has 1 aromatic heterocycles. The van der Waals surface area contributed by atoms with E-state index < -0.39 is 0 Å². The standard InChI is InChI=1S/C18H25N5O2/c1-14-3-5-15(6-4-14)23-13-17(20-21-23)18(25)19-9-2-10-22-11-7-16(24)8-12-22/h3-6,13,16,24H,2,7-12H2,1H3,(H,19,25). The van der Waals surface area contributed by atoms with Crippen LogP contribution in [0.3, 0.4) is 0 Å². The number of hydrogen-bond donors (Lipinski definition) is 2. The Balaban J connectivity index is 1.43. The largest absolute Gasteiger partial charge is 0.393 e. The first-order valence-electron chi connectivity index (χ1n) is 8.80. The third-order valence-corrected chi connectivity index (χ3v) is 4.52. The second kappa shape index (κ2) is 8.22. The van der Waals surface area contributed by atoms with E-state index in [-0.39, 0.29) is 12.0 Å². The minimum atomic E-state index is -0.201. The van der Waals surface area contributed by atoms with Crippen LogP contribution in [0.2, 0.25) is 0 Å². The van der Waals surface area contributed by atoms with E-state index >= 15 is 0 Å². The van der Waals surface area contributed by atoms with Gasteiger partial charge >= 0.3 is 0 Å². The van der Waals surface area contributed by atoms with Gasteiger partial charge in [-0.2, -0.15) is 0 Å². The van der Waals surface area contributed by atoms with Gasteiger partial charge in [0.1, 0.15) is 0 Å². The molecule has 1 aliphatic heterocycles. The Morgan fingerprint density at radius 3 is 2.72 bits per heavy atom. The van der Waals surface area contributed by atoms with Gasteiger partial charge in [-0.3, -0.25) is 4.79 Å². The summed E-state index contributed by atoms with van der Waals surface area (Å²) < 4.78 is 1.60. The zero-order valence-corrected chi connectivity index (χ0v) is 14.6. The van der Waals surface area contributed by atoms with Crippen LogP contribution < -0.4 is 5.32 Å². The van der Waals surface area contributed by atoms with Gasteiger partial charge in [0.15, 0.2) is 5.69 Å². The van der Waals surface area contributed by atoms with E-state index in [9.17, 15) is 9.90 Å². The Morgan fingerprint density at radius 1 is 1.28 bits per heavy atom. The quantitative estimate of drug-likeness (QED) is 0.769. The van der Waals surface area contributed by atoms with Gasteiger partial charge in [0.05, 0.1) is 18.0 Å². The molecule has 7 heteroatoms. The van der Waals surface area contributed by atoms with E-state index in [0.717, 1.165) is 44.6 Å². The van der Waals surface area contributed by atoms with Gasteiger partial charge in [0.2, 0.25) is 0 Å². The van der Waals surface area contributed by atoms with E-state index in [1.807, 2.05) is 31.2 Å². The van der Waals surface area contributed by atoms with Gasteiger partial charge < -0.3 is 15.3 Å². The van der Waals surface area contributed by atoms with Gasteiger partial charge in [-0.15, -0.1) is 5.10 Å². The van der Waals surface area contributed by atoms with Crippen LogP contribution in [-0.4, -0.2) is 63.2 Å². The monoisotopic (exact) mass is 343 g/mol. The lowest BCUT2D eigenvalue weighted by Crippen LogP contribution is -2.37. The topological polar surface area (TPSA) is 83.3 Å². The Morgan fingerprint density at radius 2 is 2.00 bits per heavy atom. The predicted molar refractivity (Wildman–Crippen MR) is 94.7 cm³/mol. The first-order chi connectivity index (χ1) is 12.1. The molecule has 0 spiro atoms. The Kier molecular flexibility index (Phi) is 5.78. The number of nitrogens with zero attached hydrogens (tertiary/aromatic N) is 4. The smallest absolute Gasteiger partial charge is 0.273 e. The summed E-state index contributed by atoms with van der Waals surface area (Å²) in [5.74, 6) is -0.201. The molecule has 1 fully saturated rings. The first-order valence-corrected chi connectivity index (χ1v) is 8.80. The van der Waals surface area contributed by atoms with Crippen molar-refractivity contribution in [3.05, 3.63) is 41.7 Å². The highest BCUT2D eigenvalue weighted by Gasteiger charge is 2.16. The summed E-state index contributed by atoms with van der Waals surface area (Å²) in [5, 5.41) is 20.4. The SMILES string of the molecule is Cc1ccc(-n2cc(C(=O)NCCCN3CCC(O)CC3)nn2)cc1. The fraction of sp³-hybridized carbons (Fsp3) is 0.500. The highest BCUT2D eigenvalue weighted by atomic mass is 16.3. The number of piperidine rings is 1. The van der Waals surface area contributed by atoms with Crippen molar-refractivity contribution in [3.63, 3.8) is 0 Å². The molecule has 2 aromatic rings. The number of benzene rings is 1. The van der Waals surface area contributed by atoms with Crippen LogP contribution in [0.25, 0.3) is 5.69 Å². The number of carbonyl (C=O) groups excluding carboxylic acids is 1. The Bertz CT molecular complexity index is 690. The number of likely N-dealkylation sites (tertiary alicyclic amines) is 1. The number of aliphatic hydroxyl groups excluding tert-OH is 1. The van der Waals surface area contributed by atoms with E-state index in [1.54, 1.807) is 10.9 Å². The third-order valence-electron chi connectivity index (χ3n) is 4.52. The molecule has 0 unspecified atom stereocenters. The molecule has 1 amide bonds. The van der Waals surface area contributed by atoms with Gasteiger partial charge in [-0.05, 0) is 44.9 Å². The van der Waals surface area contributed by atoms with E-state index in [1.165, 1.54) is 5.56 Å². The minimum Gasteiger partial charge on any atom is -0.393 e. The molecule has 25 heavy (non-hydrogen) atoms. The second-order valence-corrected chi connectivity index (χ2v) is 6.57. The van der Waals surface area contributed by atoms with Crippen molar-refractivity contribution < 1.29 is 9.90 Å². The zero-order chi connectivity index (χ0) is 17.6. The molecule has 134 valence electrons. The molecule has 7 nitrogen and oxygen atoms in total. The number of aryl methyl sites for hydroxylation is 1. The maximum Gasteiger partial charge on any atom is 0.273 e. The van der Waals surface area contributed by atoms with Crippen LogP contribution in [0.15, 0.2) is 30.5 Å². The fourth-order valence-electron chi connectivity index (χ4n) is 2.93. The number of rotatable bonds is 6. The summed E-state index contributed by atoms with van der Waals surface area (Å²) in [6, 6.07) is 7.88. The molecule has 0 bridgehead atoms. The minimum absolute atomic E-state index is 0.146. The Hall–Kier alpha value is -2.25. The summed E-state index contributed by atoms with van der Waals surface area (Å²) in [4.78, 5) is 14.5. The van der Waals surface area contributed by atoms with Gasteiger partial charge in [0, 0.05) is 19.6 Å². The first kappa shape index (κ1) is 17.6. The van der Waals surface area contributed by atoms with E-state index in [0.29, 0.717) is 12.2 Å². The van der Waals surface area contributed by atoms with Crippen LogP contribution in [-0.2, 0) is 0 Å². The molecule has 0 atom stereocenters. The molecule has 1 saturated heterocycles. The molecule has 2 N–H and O–H groups in total. The van der Waals surface area contributed by atoms with Crippen LogP contribution in [0.5, 0.6) is 0 Å². The summed E-state index contributed by atoms with van der Waals surface area (Å²) in [6.45, 7) is 5.42. The maximum absolute atomic E-state index is 12.2. The molecule has 0 saturated carbocycles. The van der Waals surface area contributed by atoms with Crippen LogP contribution in [0.4, 0.5) is 0 Å². The molecular weight excluding hydrogens is 318 g/mol. The third kappa shape index (κ3) is 4.87. The fourth-order valence-corrected chi connectivity index (χ4v) is 2.93. The van der Waals surface area contributed by atoms with Crippen molar-refractivity contribution in [3.8, 4) is 5.69 Å². The molecule has 0 aliphatic carbocycles. The molecule has 2 heterocycles. The van der Waals surface area contributed by atoms with Crippen LogP contribution in [0.1, 0.15) is 35.3 Å². The number of aromatic nitrogens is 3. The lowest BCUT2D eigenvalue weighted by molar-refractivity contribution is 0.0816. The molecule has 3 rings (SSSR count). The number of hydrogen-bond acceptors (Lipinski definition) is 5. The normalized spacial score (nSPS) is 16.1. The number of amides is 1. The molecule has 1 aromatic carbocycles. The van der Waals surface area contributed by atoms with Crippen molar-refractivity contribution in [1.29, 1.82) is 0 Å². The van der Waals surface area contributed by atoms with Crippen molar-refractivity contribution in [2.45, 2.75) is 32.3 Å². The molecule has 0 radical (unpaired) electrons. The lowest BCUT2D eigenvalue weighted by Gasteiger charge is -2.29. The highest BCUT2D eigenvalue weighted by molar-refractivity contribution is 5.91. The van der Waals surface area contributed by atoms with Crippen molar-refractivity contribution >= 4 is 5.91 Å². The zero-order valence-electron chi connectivity index (χ0n) is 14.6. The van der Waals surface area contributed by atoms with Crippen LogP contribution in [0, 0.1) is 6.92 Å².